The number of ketones is 1. The minimum Gasteiger partial charge on any atom is -0.300 e. The van der Waals surface area contributed by atoms with E-state index in [0.717, 1.165) is 32.1 Å². The Morgan fingerprint density at radius 1 is 1.15 bits per heavy atom. The molecule has 1 unspecified atom stereocenters. The first-order valence-electron chi connectivity index (χ1n) is 8.15. The van der Waals surface area contributed by atoms with Crippen LogP contribution in [0.3, 0.4) is 0 Å². The molecule has 1 aliphatic rings. The van der Waals surface area contributed by atoms with E-state index in [2.05, 4.69) is 37.5 Å². The lowest BCUT2D eigenvalue weighted by molar-refractivity contribution is -0.135. The van der Waals surface area contributed by atoms with E-state index < -0.39 is 0 Å². The van der Waals surface area contributed by atoms with E-state index in [9.17, 15) is 4.79 Å². The maximum atomic E-state index is 12.7. The summed E-state index contributed by atoms with van der Waals surface area (Å²) in [6.07, 6.45) is 1.22. The maximum Gasteiger partial charge on any atom is 0.156 e. The van der Waals surface area contributed by atoms with Crippen molar-refractivity contribution >= 4 is 5.78 Å². The number of hydrogen-bond donors (Lipinski definition) is 0. The van der Waals surface area contributed by atoms with Crippen LogP contribution in [0.2, 0.25) is 0 Å². The fraction of sp³-hybridized carbons (Fsp3) is 0.941. The van der Waals surface area contributed by atoms with Gasteiger partial charge in [0.15, 0.2) is 5.78 Å². The summed E-state index contributed by atoms with van der Waals surface area (Å²) < 4.78 is 0. The monoisotopic (exact) mass is 282 g/mol. The summed E-state index contributed by atoms with van der Waals surface area (Å²) in [6.45, 7) is 19.2. The van der Waals surface area contributed by atoms with Gasteiger partial charge in [-0.15, -0.1) is 0 Å². The third-order valence-electron chi connectivity index (χ3n) is 4.23. The lowest BCUT2D eigenvalue weighted by Gasteiger charge is -2.44. The fourth-order valence-electron chi connectivity index (χ4n) is 2.85. The highest BCUT2D eigenvalue weighted by molar-refractivity contribution is 5.89. The Balaban J connectivity index is 2.75. The lowest BCUT2D eigenvalue weighted by Crippen LogP contribution is -2.60. The number of carbonyl (C=O) groups excluding carboxylic acids is 1. The Hall–Kier alpha value is -0.410. The highest BCUT2D eigenvalue weighted by Crippen LogP contribution is 2.24. The van der Waals surface area contributed by atoms with E-state index in [1.165, 1.54) is 6.42 Å². The Bertz CT molecular complexity index is 317. The normalized spacial score (nSPS) is 22.8. The van der Waals surface area contributed by atoms with Crippen LogP contribution in [0, 0.1) is 11.3 Å². The van der Waals surface area contributed by atoms with Crippen molar-refractivity contribution in [2.45, 2.75) is 67.0 Å². The molecule has 1 atom stereocenters. The number of piperazine rings is 1. The molecule has 20 heavy (non-hydrogen) atoms. The summed E-state index contributed by atoms with van der Waals surface area (Å²) in [7, 11) is 0. The molecule has 0 bridgehead atoms. The van der Waals surface area contributed by atoms with Crippen molar-refractivity contribution in [2.24, 2.45) is 11.3 Å². The topological polar surface area (TPSA) is 23.6 Å². The summed E-state index contributed by atoms with van der Waals surface area (Å²) in [6, 6.07) is 0.509. The van der Waals surface area contributed by atoms with E-state index in [4.69, 9.17) is 0 Å². The molecule has 0 aliphatic carbocycles. The van der Waals surface area contributed by atoms with Gasteiger partial charge < -0.3 is 4.90 Å². The van der Waals surface area contributed by atoms with E-state index >= 15 is 0 Å². The highest BCUT2D eigenvalue weighted by Gasteiger charge is 2.38. The number of carbonyl (C=O) groups is 1. The molecule has 1 saturated heterocycles. The van der Waals surface area contributed by atoms with Gasteiger partial charge in [-0.1, -0.05) is 34.6 Å². The number of Topliss-reactive ketones (excluding diaryl/α,β-unsaturated/α-hetero) is 1. The number of hydrogen-bond acceptors (Lipinski definition) is 3. The predicted octanol–water partition coefficient (Wildman–Crippen LogP) is 3.04. The van der Waals surface area contributed by atoms with Crippen LogP contribution >= 0.6 is 0 Å². The van der Waals surface area contributed by atoms with Gasteiger partial charge in [0.2, 0.25) is 0 Å². The zero-order valence-corrected chi connectivity index (χ0v) is 14.6. The molecular weight excluding hydrogens is 248 g/mol. The Morgan fingerprint density at radius 2 is 1.75 bits per heavy atom. The van der Waals surface area contributed by atoms with Crippen molar-refractivity contribution < 1.29 is 4.79 Å². The second-order valence-corrected chi connectivity index (χ2v) is 7.94. The summed E-state index contributed by atoms with van der Waals surface area (Å²) in [5.41, 5.74) is -0.251. The molecule has 1 aliphatic heterocycles. The van der Waals surface area contributed by atoms with Crippen molar-refractivity contribution in [3.8, 4) is 0 Å². The molecule has 1 heterocycles. The first kappa shape index (κ1) is 17.6. The standard InChI is InChI=1S/C17H34N2O/c1-13(2)8-9-18-10-11-19(14(3)4)15(12-18)16(20)17(5,6)7/h13-15H,8-12H2,1-7H3. The van der Waals surface area contributed by atoms with Gasteiger partial charge in [-0.2, -0.15) is 0 Å². The van der Waals surface area contributed by atoms with Gasteiger partial charge in [-0.3, -0.25) is 9.69 Å². The predicted molar refractivity (Wildman–Crippen MR) is 86.0 cm³/mol. The van der Waals surface area contributed by atoms with Crippen molar-refractivity contribution in [3.05, 3.63) is 0 Å². The van der Waals surface area contributed by atoms with Gasteiger partial charge in [0, 0.05) is 31.1 Å². The van der Waals surface area contributed by atoms with Gasteiger partial charge >= 0.3 is 0 Å². The number of nitrogens with zero attached hydrogens (tertiary/aromatic N) is 2. The molecule has 1 fully saturated rings. The second-order valence-electron chi connectivity index (χ2n) is 7.94. The average Bonchev–Trinajstić information content (AvgIpc) is 2.33. The molecule has 0 aromatic rings. The Labute approximate surface area is 125 Å². The van der Waals surface area contributed by atoms with E-state index in [0.29, 0.717) is 11.8 Å². The molecule has 0 aromatic carbocycles. The first-order chi connectivity index (χ1) is 9.12. The largest absolute Gasteiger partial charge is 0.300 e. The maximum absolute atomic E-state index is 12.7. The van der Waals surface area contributed by atoms with Crippen molar-refractivity contribution in [3.63, 3.8) is 0 Å². The zero-order chi connectivity index (χ0) is 15.5. The van der Waals surface area contributed by atoms with Crippen LogP contribution in [-0.4, -0.2) is 53.8 Å². The van der Waals surface area contributed by atoms with Crippen molar-refractivity contribution in [1.29, 1.82) is 0 Å². The Morgan fingerprint density at radius 3 is 2.20 bits per heavy atom. The van der Waals surface area contributed by atoms with Gasteiger partial charge in [0.05, 0.1) is 6.04 Å². The molecule has 118 valence electrons. The molecule has 0 N–H and O–H groups in total. The fourth-order valence-corrected chi connectivity index (χ4v) is 2.85. The van der Waals surface area contributed by atoms with Crippen LogP contribution in [0.1, 0.15) is 54.9 Å². The van der Waals surface area contributed by atoms with Gasteiger partial charge in [-0.05, 0) is 32.7 Å². The van der Waals surface area contributed by atoms with Crippen LogP contribution < -0.4 is 0 Å². The smallest absolute Gasteiger partial charge is 0.156 e. The zero-order valence-electron chi connectivity index (χ0n) is 14.6. The molecule has 0 saturated carbocycles. The van der Waals surface area contributed by atoms with Crippen LogP contribution in [0.25, 0.3) is 0 Å². The highest BCUT2D eigenvalue weighted by atomic mass is 16.1. The van der Waals surface area contributed by atoms with Crippen molar-refractivity contribution in [2.75, 3.05) is 26.2 Å². The van der Waals surface area contributed by atoms with Crippen molar-refractivity contribution in [1.82, 2.24) is 9.80 Å². The Kier molecular flexibility index (Phi) is 6.21. The summed E-state index contributed by atoms with van der Waals surface area (Å²) in [5.74, 6) is 1.12. The molecule has 0 aromatic heterocycles. The molecule has 0 spiro atoms. The van der Waals surface area contributed by atoms with Gasteiger partial charge in [0.1, 0.15) is 0 Å². The second kappa shape index (κ2) is 7.04. The third-order valence-corrected chi connectivity index (χ3v) is 4.23. The summed E-state index contributed by atoms with van der Waals surface area (Å²) in [5, 5.41) is 0. The summed E-state index contributed by atoms with van der Waals surface area (Å²) >= 11 is 0. The van der Waals surface area contributed by atoms with Crippen LogP contribution in [-0.2, 0) is 4.79 Å². The van der Waals surface area contributed by atoms with Crippen LogP contribution in [0.4, 0.5) is 0 Å². The molecule has 0 radical (unpaired) electrons. The molecule has 1 rings (SSSR count). The third kappa shape index (κ3) is 4.85. The summed E-state index contributed by atoms with van der Waals surface area (Å²) in [4.78, 5) is 17.6. The average molecular weight is 282 g/mol. The minimum absolute atomic E-state index is 0.0657. The number of rotatable bonds is 5. The molecule has 3 heteroatoms. The first-order valence-corrected chi connectivity index (χ1v) is 8.15. The quantitative estimate of drug-likeness (QED) is 0.774. The van der Waals surface area contributed by atoms with Crippen LogP contribution in [0.15, 0.2) is 0 Å². The lowest BCUT2D eigenvalue weighted by atomic mass is 9.84. The van der Waals surface area contributed by atoms with Gasteiger partial charge in [0.25, 0.3) is 0 Å². The van der Waals surface area contributed by atoms with Crippen LogP contribution in [0.5, 0.6) is 0 Å². The van der Waals surface area contributed by atoms with Gasteiger partial charge in [-0.25, -0.2) is 0 Å². The minimum atomic E-state index is -0.251. The SMILES string of the molecule is CC(C)CCN1CCN(C(C)C)C(C(=O)C(C)(C)C)C1. The van der Waals surface area contributed by atoms with E-state index in [1.807, 2.05) is 20.8 Å². The molecular formula is C17H34N2O. The van der Waals surface area contributed by atoms with E-state index in [1.54, 1.807) is 0 Å². The molecule has 0 amide bonds. The molecule has 3 nitrogen and oxygen atoms in total. The van der Waals surface area contributed by atoms with E-state index in [-0.39, 0.29) is 11.5 Å².